The normalized spacial score (nSPS) is 13.3. The smallest absolute Gasteiger partial charge is 0.192 e. The fourth-order valence-corrected chi connectivity index (χ4v) is 5.81. The van der Waals surface area contributed by atoms with Gasteiger partial charge in [0.25, 0.3) is 0 Å². The molecule has 4 rings (SSSR count). The van der Waals surface area contributed by atoms with Crippen LogP contribution in [0.5, 0.6) is 0 Å². The Balaban J connectivity index is 2.50. The van der Waals surface area contributed by atoms with E-state index in [0.29, 0.717) is 0 Å². The molecule has 0 heterocycles. The summed E-state index contributed by atoms with van der Waals surface area (Å²) < 4.78 is 253. The average Bonchev–Trinajstić information content (AvgIpc) is 3.83. The number of halogens is 18. The van der Waals surface area contributed by atoms with E-state index in [1.54, 1.807) is 0 Å². The molecule has 1 fully saturated rings. The third kappa shape index (κ3) is 8.27. The van der Waals surface area contributed by atoms with Crippen LogP contribution in [0.3, 0.4) is 0 Å². The minimum absolute atomic E-state index is 0.301. The molecule has 60 heavy (non-hydrogen) atoms. The van der Waals surface area contributed by atoms with Crippen LogP contribution in [0.15, 0.2) is 53.1 Å². The predicted molar refractivity (Wildman–Crippen MR) is 161 cm³/mol. The second-order valence-electron chi connectivity index (χ2n) is 11.7. The van der Waals surface area contributed by atoms with Gasteiger partial charge in [-0.1, -0.05) is 0 Å². The highest BCUT2D eigenvalue weighted by Gasteiger charge is 2.50. The summed E-state index contributed by atoms with van der Waals surface area (Å²) in [7, 11) is 0. The predicted octanol–water partition coefficient (Wildman–Crippen LogP) is 11.7. The molecular formula is C36H6F18N6. The van der Waals surface area contributed by atoms with Crippen LogP contribution in [0.2, 0.25) is 0 Å². The Kier molecular flexibility index (Phi) is 11.1. The number of nitrogens with zero attached hydrogens (tertiary/aromatic N) is 6. The summed E-state index contributed by atoms with van der Waals surface area (Å²) in [4.78, 5) is 0. The van der Waals surface area contributed by atoms with E-state index < -0.39 is 155 Å². The highest BCUT2D eigenvalue weighted by Crippen LogP contribution is 2.59. The summed E-state index contributed by atoms with van der Waals surface area (Å²) >= 11 is 0. The van der Waals surface area contributed by atoms with Gasteiger partial charge in [-0.2, -0.15) is 111 Å². The number of benzene rings is 3. The van der Waals surface area contributed by atoms with Crippen molar-refractivity contribution in [3.63, 3.8) is 0 Å². The monoisotopic (exact) mass is 864 g/mol. The fourth-order valence-electron chi connectivity index (χ4n) is 5.81. The number of hydrogen-bond acceptors (Lipinski definition) is 6. The van der Waals surface area contributed by atoms with Crippen molar-refractivity contribution in [3.8, 4) is 36.4 Å². The Morgan fingerprint density at radius 3 is 0.650 bits per heavy atom. The van der Waals surface area contributed by atoms with E-state index in [1.807, 2.05) is 0 Å². The quantitative estimate of drug-likeness (QED) is 0.189. The highest BCUT2D eigenvalue weighted by atomic mass is 19.4. The second-order valence-corrected chi connectivity index (χ2v) is 11.7. The Bertz CT molecular complexity index is 2420. The molecule has 6 nitrogen and oxygen atoms in total. The first-order chi connectivity index (χ1) is 27.3. The highest BCUT2D eigenvalue weighted by molar-refractivity contribution is 6.13. The Labute approximate surface area is 320 Å². The molecule has 1 aliphatic carbocycles. The molecule has 0 amide bonds. The molecule has 24 heteroatoms. The summed E-state index contributed by atoms with van der Waals surface area (Å²) in [5.41, 5.74) is -35.6. The lowest BCUT2D eigenvalue weighted by molar-refractivity contribution is -0.144. The topological polar surface area (TPSA) is 143 Å². The standard InChI is InChI=1S/C36H6F18N6/c37-31(38,39)16-1-13(7-55)25(22(4-16)34(46,47)48)19(10-58)28-29(20(11-59)26-14(8-56)2-17(32(40,41)42)5-23(26)35(49,50)51)30(28)21(12-60)27-15(9-57)3-18(33(43,44)45)6-24(27)36(52,53)54/h1-6H. The van der Waals surface area contributed by atoms with Crippen LogP contribution in [0.25, 0.3) is 16.7 Å². The van der Waals surface area contributed by atoms with E-state index in [1.165, 1.54) is 0 Å². The zero-order chi connectivity index (χ0) is 45.9. The number of alkyl halides is 18. The minimum Gasteiger partial charge on any atom is -0.192 e. The largest absolute Gasteiger partial charge is 0.417 e. The first kappa shape index (κ1) is 45.3. The lowest BCUT2D eigenvalue weighted by Gasteiger charge is -2.17. The third-order valence-corrected chi connectivity index (χ3v) is 8.20. The minimum atomic E-state index is -6.04. The van der Waals surface area contributed by atoms with Crippen LogP contribution in [0, 0.1) is 68.0 Å². The van der Waals surface area contributed by atoms with Gasteiger partial charge in [0.2, 0.25) is 0 Å². The molecule has 0 unspecified atom stereocenters. The summed E-state index contributed by atoms with van der Waals surface area (Å²) in [6.07, 6.45) is -35.2. The first-order valence-corrected chi connectivity index (χ1v) is 15.0. The summed E-state index contributed by atoms with van der Waals surface area (Å²) in [5.74, 6) is 0. The molecule has 306 valence electrons. The Morgan fingerprint density at radius 2 is 0.517 bits per heavy atom. The van der Waals surface area contributed by atoms with E-state index in [2.05, 4.69) is 0 Å². The lowest BCUT2D eigenvalue weighted by Crippen LogP contribution is -2.15. The lowest BCUT2D eigenvalue weighted by atomic mass is 9.90. The van der Waals surface area contributed by atoms with Crippen LogP contribution in [0.4, 0.5) is 79.0 Å². The van der Waals surface area contributed by atoms with Gasteiger partial charge < -0.3 is 0 Å². The molecule has 3 aromatic rings. The molecule has 0 N–H and O–H groups in total. The fraction of sp³-hybridized carbons (Fsp3) is 0.167. The van der Waals surface area contributed by atoms with Gasteiger partial charge in [0.1, 0.15) is 18.2 Å². The van der Waals surface area contributed by atoms with Crippen LogP contribution in [-0.2, 0) is 37.1 Å². The molecule has 0 aliphatic heterocycles. The number of hydrogen-bond donors (Lipinski definition) is 0. The summed E-state index contributed by atoms with van der Waals surface area (Å²) in [6.45, 7) is 0. The van der Waals surface area contributed by atoms with Crippen LogP contribution in [-0.4, -0.2) is 0 Å². The first-order valence-electron chi connectivity index (χ1n) is 15.0. The molecular weight excluding hydrogens is 858 g/mol. The SMILES string of the molecule is N#CC(=C1C(=C(C#N)c2c(C#N)cc(C(F)(F)F)cc2C(F)(F)F)C1=C(C#N)c1c(C#N)cc(C(F)(F)F)cc1C(F)(F)F)c1c(C#N)cc(C(F)(F)F)cc1C(F)(F)F. The number of allylic oxidation sites excluding steroid dienone is 6. The van der Waals surface area contributed by atoms with Gasteiger partial charge in [-0.05, 0) is 36.4 Å². The summed E-state index contributed by atoms with van der Waals surface area (Å²) in [6, 6.07) is 2.49. The number of nitriles is 6. The van der Waals surface area contributed by atoms with E-state index >= 15 is 0 Å². The molecule has 1 aliphatic rings. The van der Waals surface area contributed by atoms with Crippen molar-refractivity contribution in [3.05, 3.63) is 120 Å². The summed E-state index contributed by atoms with van der Waals surface area (Å²) in [5, 5.41) is 59.6. The van der Waals surface area contributed by atoms with Crippen molar-refractivity contribution < 1.29 is 79.0 Å². The molecule has 0 spiro atoms. The van der Waals surface area contributed by atoms with E-state index in [-0.39, 0.29) is 18.2 Å². The van der Waals surface area contributed by atoms with E-state index in [4.69, 9.17) is 0 Å². The van der Waals surface area contributed by atoms with Crippen LogP contribution < -0.4 is 0 Å². The van der Waals surface area contributed by atoms with E-state index in [0.717, 1.165) is 36.4 Å². The van der Waals surface area contributed by atoms with Crippen molar-refractivity contribution in [1.82, 2.24) is 0 Å². The Hall–Kier alpha value is -7.44. The zero-order valence-electron chi connectivity index (χ0n) is 28.0. The van der Waals surface area contributed by atoms with E-state index in [9.17, 15) is 111 Å². The second kappa shape index (κ2) is 14.7. The third-order valence-electron chi connectivity index (χ3n) is 8.20. The van der Waals surface area contributed by atoms with Gasteiger partial charge in [0.15, 0.2) is 0 Å². The van der Waals surface area contributed by atoms with Crippen LogP contribution in [0.1, 0.15) is 66.8 Å². The molecule has 3 aromatic carbocycles. The van der Waals surface area contributed by atoms with Gasteiger partial charge in [0, 0.05) is 33.4 Å². The van der Waals surface area contributed by atoms with Crippen molar-refractivity contribution in [1.29, 1.82) is 31.6 Å². The average molecular weight is 864 g/mol. The number of rotatable bonds is 3. The molecule has 0 saturated heterocycles. The maximum Gasteiger partial charge on any atom is 0.417 e. The molecule has 0 radical (unpaired) electrons. The van der Waals surface area contributed by atoms with Gasteiger partial charge in [-0.25, -0.2) is 0 Å². The maximum atomic E-state index is 14.5. The molecule has 0 aromatic heterocycles. The van der Waals surface area contributed by atoms with Crippen molar-refractivity contribution in [2.45, 2.75) is 37.1 Å². The zero-order valence-corrected chi connectivity index (χ0v) is 28.0. The van der Waals surface area contributed by atoms with Gasteiger partial charge in [-0.3, -0.25) is 0 Å². The van der Waals surface area contributed by atoms with Crippen molar-refractivity contribution in [2.24, 2.45) is 0 Å². The molecule has 1 saturated carbocycles. The van der Waals surface area contributed by atoms with Gasteiger partial charge >= 0.3 is 37.1 Å². The Morgan fingerprint density at radius 1 is 0.317 bits per heavy atom. The molecule has 0 atom stereocenters. The maximum absolute atomic E-state index is 14.5. The molecule has 0 bridgehead atoms. The van der Waals surface area contributed by atoms with Crippen LogP contribution >= 0.6 is 0 Å². The van der Waals surface area contributed by atoms with Gasteiger partial charge in [0.05, 0.1) is 85.0 Å². The van der Waals surface area contributed by atoms with Gasteiger partial charge in [-0.15, -0.1) is 0 Å². The van der Waals surface area contributed by atoms with Crippen molar-refractivity contribution in [2.75, 3.05) is 0 Å². The van der Waals surface area contributed by atoms with Crippen molar-refractivity contribution >= 4 is 16.7 Å².